The minimum atomic E-state index is -0.0692. The number of carbonyl (C=O) groups is 1. The Labute approximate surface area is 106 Å². The second kappa shape index (κ2) is 7.00. The van der Waals surface area contributed by atoms with E-state index >= 15 is 0 Å². The fraction of sp³-hybridized carbons (Fsp3) is 0.929. The number of carbonyl (C=O) groups excluding carboxylic acids is 1. The van der Waals surface area contributed by atoms with Crippen LogP contribution >= 0.6 is 0 Å². The normalized spacial score (nSPS) is 20.9. The number of hydrogen-bond acceptors (Lipinski definition) is 2. The second-order valence-corrected chi connectivity index (χ2v) is 5.76. The molecule has 1 fully saturated rings. The molecular formula is C14H28N2O. The predicted molar refractivity (Wildman–Crippen MR) is 72.0 cm³/mol. The van der Waals surface area contributed by atoms with Crippen LogP contribution in [0.25, 0.3) is 0 Å². The molecule has 1 amide bonds. The summed E-state index contributed by atoms with van der Waals surface area (Å²) in [4.78, 5) is 11.7. The molecule has 0 saturated heterocycles. The van der Waals surface area contributed by atoms with Crippen LogP contribution in [0.1, 0.15) is 59.3 Å². The van der Waals surface area contributed by atoms with Crippen LogP contribution in [0.2, 0.25) is 0 Å². The standard InChI is InChI=1S/C14H28N2O/c1-4-10-15-13(17)12(2)16-11-14(3)8-6-5-7-9-14/h12,16H,4-11H2,1-3H3,(H,15,17). The topological polar surface area (TPSA) is 41.1 Å². The van der Waals surface area contributed by atoms with Crippen molar-refractivity contribution in [2.75, 3.05) is 13.1 Å². The monoisotopic (exact) mass is 240 g/mol. The summed E-state index contributed by atoms with van der Waals surface area (Å²) < 4.78 is 0. The largest absolute Gasteiger partial charge is 0.355 e. The van der Waals surface area contributed by atoms with Crippen molar-refractivity contribution in [2.24, 2.45) is 5.41 Å². The fourth-order valence-corrected chi connectivity index (χ4v) is 2.48. The van der Waals surface area contributed by atoms with Crippen molar-refractivity contribution in [1.29, 1.82) is 0 Å². The molecule has 1 unspecified atom stereocenters. The summed E-state index contributed by atoms with van der Waals surface area (Å²) in [6.45, 7) is 8.12. The molecule has 100 valence electrons. The van der Waals surface area contributed by atoms with E-state index in [2.05, 4.69) is 24.5 Å². The van der Waals surface area contributed by atoms with Crippen LogP contribution in [0.15, 0.2) is 0 Å². The molecule has 0 aromatic carbocycles. The van der Waals surface area contributed by atoms with Crippen LogP contribution in [0.4, 0.5) is 0 Å². The minimum absolute atomic E-state index is 0.0692. The average Bonchev–Trinajstić information content (AvgIpc) is 2.34. The first-order valence-corrected chi connectivity index (χ1v) is 7.08. The summed E-state index contributed by atoms with van der Waals surface area (Å²) >= 11 is 0. The van der Waals surface area contributed by atoms with Gasteiger partial charge < -0.3 is 10.6 Å². The molecule has 0 aromatic heterocycles. The molecule has 1 saturated carbocycles. The molecule has 1 rings (SSSR count). The van der Waals surface area contributed by atoms with Crippen LogP contribution in [-0.4, -0.2) is 25.0 Å². The molecule has 3 nitrogen and oxygen atoms in total. The molecule has 1 atom stereocenters. The number of hydrogen-bond donors (Lipinski definition) is 2. The fourth-order valence-electron chi connectivity index (χ4n) is 2.48. The zero-order valence-corrected chi connectivity index (χ0v) is 11.6. The maximum absolute atomic E-state index is 11.7. The van der Waals surface area contributed by atoms with Gasteiger partial charge >= 0.3 is 0 Å². The Kier molecular flexibility index (Phi) is 5.96. The van der Waals surface area contributed by atoms with Gasteiger partial charge in [0.25, 0.3) is 0 Å². The Hall–Kier alpha value is -0.570. The van der Waals surface area contributed by atoms with Crippen LogP contribution in [0.3, 0.4) is 0 Å². The highest BCUT2D eigenvalue weighted by Crippen LogP contribution is 2.34. The van der Waals surface area contributed by atoms with E-state index < -0.39 is 0 Å². The Morgan fingerprint density at radius 3 is 2.53 bits per heavy atom. The highest BCUT2D eigenvalue weighted by molar-refractivity contribution is 5.81. The Bertz CT molecular complexity index is 234. The lowest BCUT2D eigenvalue weighted by molar-refractivity contribution is -0.122. The molecule has 1 aliphatic rings. The lowest BCUT2D eigenvalue weighted by atomic mass is 9.75. The van der Waals surface area contributed by atoms with Gasteiger partial charge in [0, 0.05) is 13.1 Å². The van der Waals surface area contributed by atoms with Crippen molar-refractivity contribution in [1.82, 2.24) is 10.6 Å². The van der Waals surface area contributed by atoms with E-state index in [0.29, 0.717) is 5.41 Å². The van der Waals surface area contributed by atoms with Gasteiger partial charge in [0.1, 0.15) is 0 Å². The van der Waals surface area contributed by atoms with E-state index in [1.165, 1.54) is 32.1 Å². The zero-order chi connectivity index (χ0) is 12.7. The van der Waals surface area contributed by atoms with Gasteiger partial charge in [-0.05, 0) is 31.6 Å². The van der Waals surface area contributed by atoms with E-state index in [9.17, 15) is 4.79 Å². The first kappa shape index (κ1) is 14.5. The molecular weight excluding hydrogens is 212 g/mol. The zero-order valence-electron chi connectivity index (χ0n) is 11.6. The smallest absolute Gasteiger partial charge is 0.236 e. The highest BCUT2D eigenvalue weighted by Gasteiger charge is 2.27. The van der Waals surface area contributed by atoms with Crippen LogP contribution in [0.5, 0.6) is 0 Å². The maximum Gasteiger partial charge on any atom is 0.236 e. The average molecular weight is 240 g/mol. The van der Waals surface area contributed by atoms with Crippen molar-refractivity contribution in [2.45, 2.75) is 65.3 Å². The van der Waals surface area contributed by atoms with Crippen molar-refractivity contribution >= 4 is 5.91 Å². The van der Waals surface area contributed by atoms with Gasteiger partial charge in [0.2, 0.25) is 5.91 Å². The number of amides is 1. The van der Waals surface area contributed by atoms with E-state index in [-0.39, 0.29) is 11.9 Å². The molecule has 17 heavy (non-hydrogen) atoms. The van der Waals surface area contributed by atoms with Gasteiger partial charge in [-0.1, -0.05) is 33.1 Å². The van der Waals surface area contributed by atoms with Crippen LogP contribution in [-0.2, 0) is 4.79 Å². The molecule has 0 aliphatic heterocycles. The molecule has 1 aliphatic carbocycles. The van der Waals surface area contributed by atoms with E-state index in [4.69, 9.17) is 0 Å². The van der Waals surface area contributed by atoms with Crippen LogP contribution < -0.4 is 10.6 Å². The van der Waals surface area contributed by atoms with Gasteiger partial charge in [0.05, 0.1) is 6.04 Å². The third kappa shape index (κ3) is 5.07. The van der Waals surface area contributed by atoms with Gasteiger partial charge in [-0.3, -0.25) is 4.79 Å². The minimum Gasteiger partial charge on any atom is -0.355 e. The first-order valence-electron chi connectivity index (χ1n) is 7.08. The molecule has 0 spiro atoms. The second-order valence-electron chi connectivity index (χ2n) is 5.76. The number of rotatable bonds is 6. The molecule has 2 N–H and O–H groups in total. The Morgan fingerprint density at radius 1 is 1.29 bits per heavy atom. The van der Waals surface area contributed by atoms with E-state index in [1.54, 1.807) is 0 Å². The maximum atomic E-state index is 11.7. The summed E-state index contributed by atoms with van der Waals surface area (Å²) in [5.41, 5.74) is 0.400. The Morgan fingerprint density at radius 2 is 1.94 bits per heavy atom. The summed E-state index contributed by atoms with van der Waals surface area (Å²) in [5, 5.41) is 6.32. The van der Waals surface area contributed by atoms with Crippen molar-refractivity contribution in [3.63, 3.8) is 0 Å². The van der Waals surface area contributed by atoms with Crippen molar-refractivity contribution < 1.29 is 4.79 Å². The van der Waals surface area contributed by atoms with Gasteiger partial charge in [-0.2, -0.15) is 0 Å². The van der Waals surface area contributed by atoms with Crippen molar-refractivity contribution in [3.8, 4) is 0 Å². The van der Waals surface area contributed by atoms with Crippen molar-refractivity contribution in [3.05, 3.63) is 0 Å². The lowest BCUT2D eigenvalue weighted by Crippen LogP contribution is -2.46. The molecule has 0 bridgehead atoms. The highest BCUT2D eigenvalue weighted by atomic mass is 16.2. The Balaban J connectivity index is 2.26. The predicted octanol–water partition coefficient (Wildman–Crippen LogP) is 2.46. The van der Waals surface area contributed by atoms with Gasteiger partial charge in [-0.25, -0.2) is 0 Å². The molecule has 3 heteroatoms. The quantitative estimate of drug-likeness (QED) is 0.749. The SMILES string of the molecule is CCCNC(=O)C(C)NCC1(C)CCCCC1. The van der Waals surface area contributed by atoms with E-state index in [1.807, 2.05) is 6.92 Å². The molecule has 0 aromatic rings. The third-order valence-corrected chi connectivity index (χ3v) is 3.84. The summed E-state index contributed by atoms with van der Waals surface area (Å²) in [5.74, 6) is 0.131. The first-order chi connectivity index (χ1) is 8.07. The molecule has 0 radical (unpaired) electrons. The summed E-state index contributed by atoms with van der Waals surface area (Å²) in [6, 6.07) is -0.0692. The third-order valence-electron chi connectivity index (χ3n) is 3.84. The lowest BCUT2D eigenvalue weighted by Gasteiger charge is -2.34. The van der Waals surface area contributed by atoms with Gasteiger partial charge in [0.15, 0.2) is 0 Å². The summed E-state index contributed by atoms with van der Waals surface area (Å²) in [6.07, 6.45) is 7.65. The van der Waals surface area contributed by atoms with Gasteiger partial charge in [-0.15, -0.1) is 0 Å². The number of nitrogens with one attached hydrogen (secondary N) is 2. The molecule has 0 heterocycles. The van der Waals surface area contributed by atoms with E-state index in [0.717, 1.165) is 19.5 Å². The van der Waals surface area contributed by atoms with Crippen LogP contribution in [0, 0.1) is 5.41 Å². The summed E-state index contributed by atoms with van der Waals surface area (Å²) in [7, 11) is 0.